The smallest absolute Gasteiger partial charge is 0.407 e. The second-order valence-corrected chi connectivity index (χ2v) is 33.9. The van der Waals surface area contributed by atoms with Gasteiger partial charge in [0.15, 0.2) is 5.69 Å². The number of halogens is 3. The maximum absolute atomic E-state index is 15.6. The number of aryl methyl sites for hydroxylation is 3. The van der Waals surface area contributed by atoms with Gasteiger partial charge in [0.05, 0.1) is 95.6 Å². The van der Waals surface area contributed by atoms with Crippen LogP contribution in [0.25, 0.3) is 17.1 Å². The van der Waals surface area contributed by atoms with E-state index in [9.17, 15) is 43.8 Å². The van der Waals surface area contributed by atoms with Crippen molar-refractivity contribution in [2.45, 2.75) is 181 Å². The summed E-state index contributed by atoms with van der Waals surface area (Å²) in [5, 5.41) is 52.1. The molecular weight excluding hydrogens is 1520 g/mol. The number of benzene rings is 7. The van der Waals surface area contributed by atoms with E-state index in [2.05, 4.69) is 53.4 Å². The Labute approximate surface area is 683 Å². The van der Waals surface area contributed by atoms with Crippen LogP contribution in [0.2, 0.25) is 0 Å². The highest BCUT2D eigenvalue weighted by molar-refractivity contribution is 7.84. The highest BCUT2D eigenvalue weighted by atomic mass is 35.5. The van der Waals surface area contributed by atoms with Crippen LogP contribution in [0.15, 0.2) is 176 Å². The minimum Gasteiger partial charge on any atom is -0.477 e. The number of hydrogen-bond donors (Lipinski definition) is 8. The van der Waals surface area contributed by atoms with Crippen LogP contribution in [0.4, 0.5) is 29.7 Å². The lowest BCUT2D eigenvalue weighted by atomic mass is 9.79. The number of carboxylic acids is 1. The highest BCUT2D eigenvalue weighted by Gasteiger charge is 2.41. The van der Waals surface area contributed by atoms with Crippen molar-refractivity contribution in [1.29, 1.82) is 10.5 Å². The van der Waals surface area contributed by atoms with Crippen LogP contribution in [0, 0.1) is 66.9 Å². The van der Waals surface area contributed by atoms with Gasteiger partial charge in [0.2, 0.25) is 0 Å². The molecular formula is C88H100ClF2N15O9S. The number of nitrogens with one attached hydrogen (secondary N) is 5. The lowest BCUT2D eigenvalue weighted by molar-refractivity contribution is 0.0512. The Kier molecular flexibility index (Phi) is 28.7. The number of carbonyl (C=O) groups excluding carboxylic acids is 4. The van der Waals surface area contributed by atoms with E-state index in [1.165, 1.54) is 45.1 Å². The van der Waals surface area contributed by atoms with Gasteiger partial charge in [-0.1, -0.05) is 98.5 Å². The zero-order valence-electron chi connectivity index (χ0n) is 67.2. The van der Waals surface area contributed by atoms with Gasteiger partial charge in [0.25, 0.3) is 11.8 Å². The van der Waals surface area contributed by atoms with Crippen molar-refractivity contribution < 1.29 is 51.5 Å². The predicted octanol–water partition coefficient (Wildman–Crippen LogP) is 16.6. The van der Waals surface area contributed by atoms with Gasteiger partial charge in [-0.15, -0.1) is 12.4 Å². The molecule has 2 unspecified atom stereocenters. The van der Waals surface area contributed by atoms with E-state index < -0.39 is 79.6 Å². The van der Waals surface area contributed by atoms with E-state index in [-0.39, 0.29) is 54.0 Å². The fourth-order valence-electron chi connectivity index (χ4n) is 12.8. The summed E-state index contributed by atoms with van der Waals surface area (Å²) in [4.78, 5) is 62.6. The van der Waals surface area contributed by atoms with Crippen molar-refractivity contribution in [3.8, 4) is 29.2 Å². The molecule has 12 rings (SSSR count). The standard InChI is InChI=1S/C40H47FN6O4S.C31H31FN6O.C17H21N3O4.ClH/c1-26-21-35(47(45-26)32-10-8-9-29(22-32)25-43-37(49)51-38(2,3)4)36(48)44-34-23-31(17-18-33(34)41)40(20-19-27-11-12-27,46-52(50)39(5,6)7)30-15-13-28(24-42)14-16-30;1-20-15-29(38(37-20)26-4-2-3-23(16-26)19-34)30(39)36-28-17-25(11-12-27(28)32)31(35,14-13-21-5-6-21)24-9-7-22(18-33)8-10-24;1-11-8-14(15(21)22)20(19-11)13-7-5-6-12(9-13)10-18-16(23)24-17(2,3)4;/h8-10,13-18,21-23,27,46H,11-12,19-20,25H2,1-7H3,(H,43,49)(H,44,48);2-4,7-12,15-17,21H,5-6,13-14,19,34-35H2,1H3,(H,36,39);5-9H,10H2,1-4H3,(H,18,23)(H,21,22);1H/t40?,52-;;;/m1.../s1. The van der Waals surface area contributed by atoms with E-state index in [1.54, 1.807) is 159 Å². The summed E-state index contributed by atoms with van der Waals surface area (Å²) in [5.74, 6) is -2.14. The Morgan fingerprint density at radius 1 is 0.526 bits per heavy atom. The first-order valence-corrected chi connectivity index (χ1v) is 39.2. The number of anilines is 2. The second-order valence-electron chi connectivity index (χ2n) is 32.0. The molecule has 2 saturated carbocycles. The third-order valence-corrected chi connectivity index (χ3v) is 20.8. The van der Waals surface area contributed by atoms with Crippen LogP contribution in [0.5, 0.6) is 0 Å². The molecule has 2 aliphatic carbocycles. The maximum atomic E-state index is 15.6. The summed E-state index contributed by atoms with van der Waals surface area (Å²) in [7, 11) is -1.53. The van der Waals surface area contributed by atoms with Crippen LogP contribution >= 0.6 is 12.4 Å². The lowest BCUT2D eigenvalue weighted by Crippen LogP contribution is -2.49. The van der Waals surface area contributed by atoms with Gasteiger partial charge in [0.1, 0.15) is 34.2 Å². The molecule has 2 fully saturated rings. The fourth-order valence-corrected chi connectivity index (χ4v) is 13.8. The number of carboxylic acid groups (broad SMARTS) is 1. The summed E-state index contributed by atoms with van der Waals surface area (Å²) in [6.07, 6.45) is 6.57. The molecule has 0 spiro atoms. The van der Waals surface area contributed by atoms with Crippen LogP contribution in [0.3, 0.4) is 0 Å². The number of ether oxygens (including phenoxy) is 2. The Bertz CT molecular complexity index is 5320. The largest absolute Gasteiger partial charge is 0.477 e. The van der Waals surface area contributed by atoms with Crippen molar-refractivity contribution in [3.63, 3.8) is 0 Å². The lowest BCUT2D eigenvalue weighted by Gasteiger charge is -2.38. The number of aromatic carboxylic acids is 1. The number of nitrogens with zero attached hydrogens (tertiary/aromatic N) is 8. The number of amides is 4. The van der Waals surface area contributed by atoms with Gasteiger partial charge in [-0.3, -0.25) is 9.59 Å². The quantitative estimate of drug-likeness (QED) is 0.0263. The fraction of sp³-hybridized carbons (Fsp3) is 0.341. The molecule has 28 heteroatoms. The monoisotopic (exact) mass is 1620 g/mol. The summed E-state index contributed by atoms with van der Waals surface area (Å²) >= 11 is 0. The molecule has 10 N–H and O–H groups in total. The molecule has 7 aromatic carbocycles. The average molecular weight is 1620 g/mol. The SMILES string of the molecule is Cc1cc(C(=O)Nc2cc(C(CCC3CC3)(N[S@](=O)C(C)(C)C)c3ccc(C#N)cc3)ccc2F)n(-c2cccc(CNC(=O)OC(C)(C)C)c2)n1.Cc1cc(C(=O)Nc2cc(C(N)(CCC3CC3)c3ccc(C#N)cc3)ccc2F)n(-c2cccc(CN)c2)n1.Cc1cc(C(=O)O)n(-c2cccc(CNC(=O)OC(C)(C)C)c2)n1.Cl. The van der Waals surface area contributed by atoms with Crippen molar-refractivity contribution in [2.24, 2.45) is 23.3 Å². The van der Waals surface area contributed by atoms with Crippen molar-refractivity contribution in [3.05, 3.63) is 272 Å². The van der Waals surface area contributed by atoms with Crippen molar-refractivity contribution in [1.82, 2.24) is 44.7 Å². The topological polar surface area (TPSA) is 354 Å². The molecule has 24 nitrogen and oxygen atoms in total. The molecule has 3 aromatic heterocycles. The normalized spacial score (nSPS) is 13.8. The van der Waals surface area contributed by atoms with Crippen LogP contribution < -0.4 is 37.5 Å². The average Bonchev–Trinajstić information content (AvgIpc) is 0.992. The van der Waals surface area contributed by atoms with Crippen molar-refractivity contribution >= 4 is 64.7 Å². The number of alkyl carbamates (subject to hydrolysis) is 2. The third kappa shape index (κ3) is 23.5. The van der Waals surface area contributed by atoms with Gasteiger partial charge in [-0.25, -0.2) is 46.1 Å². The van der Waals surface area contributed by atoms with E-state index in [0.717, 1.165) is 53.5 Å². The molecule has 3 atom stereocenters. The first-order valence-electron chi connectivity index (χ1n) is 38.0. The van der Waals surface area contributed by atoms with Crippen LogP contribution in [-0.2, 0) is 51.2 Å². The van der Waals surface area contributed by atoms with Gasteiger partial charge in [-0.2, -0.15) is 25.8 Å². The van der Waals surface area contributed by atoms with Crippen LogP contribution in [0.1, 0.15) is 212 Å². The highest BCUT2D eigenvalue weighted by Crippen LogP contribution is 2.44. The molecule has 0 saturated heterocycles. The maximum Gasteiger partial charge on any atom is 0.407 e. The Hall–Kier alpha value is -11.7. The zero-order chi connectivity index (χ0) is 83.3. The van der Waals surface area contributed by atoms with Gasteiger partial charge < -0.3 is 47.3 Å². The molecule has 4 amide bonds. The second kappa shape index (κ2) is 37.7. The molecule has 0 bridgehead atoms. The Morgan fingerprint density at radius 3 is 1.31 bits per heavy atom. The summed E-state index contributed by atoms with van der Waals surface area (Å²) < 4.78 is 62.2. The molecule has 608 valence electrons. The number of hydrogen-bond acceptors (Lipinski definition) is 15. The summed E-state index contributed by atoms with van der Waals surface area (Å²) in [6, 6.07) is 54.4. The predicted molar refractivity (Wildman–Crippen MR) is 445 cm³/mol. The minimum atomic E-state index is -1.53. The molecule has 116 heavy (non-hydrogen) atoms. The van der Waals surface area contributed by atoms with E-state index >= 15 is 8.78 Å². The minimum absolute atomic E-state index is 0. The Morgan fingerprint density at radius 2 is 0.905 bits per heavy atom. The van der Waals surface area contributed by atoms with E-state index in [4.69, 9.17) is 20.9 Å². The molecule has 10 aromatic rings. The third-order valence-electron chi connectivity index (χ3n) is 19.1. The van der Waals surface area contributed by atoms with Gasteiger partial charge in [0, 0.05) is 19.6 Å². The number of carbonyl (C=O) groups is 5. The van der Waals surface area contributed by atoms with Crippen LogP contribution in [-0.4, -0.2) is 84.6 Å². The van der Waals surface area contributed by atoms with Crippen molar-refractivity contribution in [2.75, 3.05) is 10.6 Å². The molecule has 0 aliphatic heterocycles. The first kappa shape index (κ1) is 88.2. The molecule has 2 aliphatic rings. The van der Waals surface area contributed by atoms with Gasteiger partial charge in [-0.05, 0) is 263 Å². The number of nitriles is 2. The number of nitrogens with two attached hydrogens (primary N) is 2. The summed E-state index contributed by atoms with van der Waals surface area (Å²) in [6.45, 7) is 22.5. The first-order chi connectivity index (χ1) is 54.4. The zero-order valence-corrected chi connectivity index (χ0v) is 68.8. The Balaban J connectivity index is 0.000000211. The molecule has 0 radical (unpaired) electrons. The number of rotatable bonds is 25. The number of aromatic nitrogens is 6. The summed E-state index contributed by atoms with van der Waals surface area (Å²) in [5.41, 5.74) is 20.4. The van der Waals surface area contributed by atoms with E-state index in [0.29, 0.717) is 87.6 Å². The van der Waals surface area contributed by atoms with Gasteiger partial charge >= 0.3 is 18.2 Å². The van der Waals surface area contributed by atoms with E-state index in [1.807, 2.05) is 81.4 Å². The molecule has 3 heterocycles.